The van der Waals surface area contributed by atoms with Gasteiger partial charge in [-0.25, -0.2) is 0 Å². The monoisotopic (exact) mass is 279 g/mol. The van der Waals surface area contributed by atoms with Crippen molar-refractivity contribution in [2.24, 2.45) is 5.92 Å². The summed E-state index contributed by atoms with van der Waals surface area (Å²) in [7, 11) is 1.96. The molecule has 1 aromatic heterocycles. The van der Waals surface area contributed by atoms with Crippen molar-refractivity contribution in [3.05, 3.63) is 20.3 Å². The quantitative estimate of drug-likeness (QED) is 0.910. The normalized spacial score (nSPS) is 27.2. The van der Waals surface area contributed by atoms with Crippen molar-refractivity contribution in [2.75, 3.05) is 13.7 Å². The largest absolute Gasteiger partial charge is 0.378 e. The molecule has 2 heterocycles. The van der Waals surface area contributed by atoms with Crippen LogP contribution < -0.4 is 5.32 Å². The Hall–Kier alpha value is 0.200. The van der Waals surface area contributed by atoms with Crippen LogP contribution in [0.4, 0.5) is 0 Å². The molecule has 1 fully saturated rings. The summed E-state index contributed by atoms with van der Waals surface area (Å²) in [6.45, 7) is 2.95. The van der Waals surface area contributed by atoms with Gasteiger partial charge in [-0.3, -0.25) is 0 Å². The summed E-state index contributed by atoms with van der Waals surface area (Å²) in [5, 5.41) is 3.33. The molecule has 1 aliphatic heterocycles. The minimum absolute atomic E-state index is 0.230. The van der Waals surface area contributed by atoms with Gasteiger partial charge in [0.05, 0.1) is 14.8 Å². The Bertz CT molecular complexity index is 369. The average molecular weight is 280 g/mol. The van der Waals surface area contributed by atoms with Gasteiger partial charge in [0.1, 0.15) is 0 Å². The van der Waals surface area contributed by atoms with E-state index in [1.807, 2.05) is 13.1 Å². The third kappa shape index (κ3) is 2.39. The SMILES string of the molecule is CNC(c1cc(Cl)sc1Cl)C1CCOC1C. The lowest BCUT2D eigenvalue weighted by molar-refractivity contribution is 0.0963. The summed E-state index contributed by atoms with van der Waals surface area (Å²) in [5.74, 6) is 0.466. The number of thiophene rings is 1. The maximum absolute atomic E-state index is 6.20. The first-order valence-corrected chi connectivity index (χ1v) is 6.94. The molecule has 0 spiro atoms. The molecule has 0 aliphatic carbocycles. The van der Waals surface area contributed by atoms with Crippen LogP contribution in [0.2, 0.25) is 8.67 Å². The summed E-state index contributed by atoms with van der Waals surface area (Å²) in [4.78, 5) is 0. The molecule has 3 unspecified atom stereocenters. The van der Waals surface area contributed by atoms with Gasteiger partial charge in [-0.2, -0.15) is 0 Å². The predicted molar refractivity (Wildman–Crippen MR) is 69.7 cm³/mol. The van der Waals surface area contributed by atoms with Crippen LogP contribution in [0.15, 0.2) is 6.07 Å². The van der Waals surface area contributed by atoms with Crippen LogP contribution in [0.3, 0.4) is 0 Å². The number of hydrogen-bond donors (Lipinski definition) is 1. The van der Waals surface area contributed by atoms with E-state index in [0.29, 0.717) is 5.92 Å². The van der Waals surface area contributed by atoms with E-state index in [0.717, 1.165) is 27.3 Å². The molecule has 5 heteroatoms. The van der Waals surface area contributed by atoms with Crippen molar-refractivity contribution >= 4 is 34.5 Å². The average Bonchev–Trinajstić information content (AvgIpc) is 2.77. The zero-order valence-electron chi connectivity index (χ0n) is 9.30. The van der Waals surface area contributed by atoms with E-state index in [4.69, 9.17) is 27.9 Å². The van der Waals surface area contributed by atoms with Crippen LogP contribution in [-0.2, 0) is 4.74 Å². The van der Waals surface area contributed by atoms with Crippen molar-refractivity contribution in [3.8, 4) is 0 Å². The maximum atomic E-state index is 6.20. The molecule has 0 saturated carbocycles. The second-order valence-corrected chi connectivity index (χ2v) is 6.36. The molecule has 0 radical (unpaired) electrons. The van der Waals surface area contributed by atoms with E-state index in [-0.39, 0.29) is 12.1 Å². The van der Waals surface area contributed by atoms with E-state index in [9.17, 15) is 0 Å². The van der Waals surface area contributed by atoms with Gasteiger partial charge in [-0.15, -0.1) is 11.3 Å². The van der Waals surface area contributed by atoms with Gasteiger partial charge in [0.15, 0.2) is 0 Å². The minimum atomic E-state index is 0.230. The molecular weight excluding hydrogens is 265 g/mol. The third-order valence-electron chi connectivity index (χ3n) is 3.19. The standard InChI is InChI=1S/C11H15Cl2NOS/c1-6-7(3-4-15-6)10(14-2)8-5-9(12)16-11(8)13/h5-7,10,14H,3-4H2,1-2H3. The van der Waals surface area contributed by atoms with Gasteiger partial charge in [0.25, 0.3) is 0 Å². The molecular formula is C11H15Cl2NOS. The highest BCUT2D eigenvalue weighted by atomic mass is 35.5. The molecule has 1 aliphatic rings. The topological polar surface area (TPSA) is 21.3 Å². The van der Waals surface area contributed by atoms with Crippen LogP contribution >= 0.6 is 34.5 Å². The zero-order valence-corrected chi connectivity index (χ0v) is 11.6. The first-order valence-electron chi connectivity index (χ1n) is 5.37. The minimum Gasteiger partial charge on any atom is -0.378 e. The summed E-state index contributed by atoms with van der Waals surface area (Å²) >= 11 is 13.6. The van der Waals surface area contributed by atoms with Gasteiger partial charge >= 0.3 is 0 Å². The molecule has 0 amide bonds. The molecule has 2 rings (SSSR count). The number of nitrogens with one attached hydrogen (secondary N) is 1. The van der Waals surface area contributed by atoms with E-state index in [2.05, 4.69) is 12.2 Å². The van der Waals surface area contributed by atoms with Gasteiger partial charge < -0.3 is 10.1 Å². The smallest absolute Gasteiger partial charge is 0.0992 e. The van der Waals surface area contributed by atoms with Crippen molar-refractivity contribution in [1.29, 1.82) is 0 Å². The summed E-state index contributed by atoms with van der Waals surface area (Å²) in [6.07, 6.45) is 1.34. The van der Waals surface area contributed by atoms with Gasteiger partial charge in [-0.1, -0.05) is 23.2 Å². The van der Waals surface area contributed by atoms with Crippen molar-refractivity contribution < 1.29 is 4.74 Å². The summed E-state index contributed by atoms with van der Waals surface area (Å²) < 4.78 is 7.13. The van der Waals surface area contributed by atoms with Crippen LogP contribution in [0, 0.1) is 5.92 Å². The highest BCUT2D eigenvalue weighted by molar-refractivity contribution is 7.20. The fraction of sp³-hybridized carbons (Fsp3) is 0.636. The Balaban J connectivity index is 2.25. The molecule has 1 saturated heterocycles. The van der Waals surface area contributed by atoms with Crippen molar-refractivity contribution in [3.63, 3.8) is 0 Å². The Kier molecular flexibility index (Phi) is 4.14. The Morgan fingerprint density at radius 1 is 1.56 bits per heavy atom. The van der Waals surface area contributed by atoms with E-state index in [1.54, 1.807) is 0 Å². The highest BCUT2D eigenvalue weighted by Gasteiger charge is 2.33. The van der Waals surface area contributed by atoms with Gasteiger partial charge in [0.2, 0.25) is 0 Å². The third-order valence-corrected chi connectivity index (χ3v) is 4.71. The molecule has 1 aromatic rings. The second-order valence-electron chi connectivity index (χ2n) is 4.07. The molecule has 90 valence electrons. The van der Waals surface area contributed by atoms with E-state index >= 15 is 0 Å². The lowest BCUT2D eigenvalue weighted by Crippen LogP contribution is -2.29. The first kappa shape index (κ1) is 12.7. The maximum Gasteiger partial charge on any atom is 0.0992 e. The van der Waals surface area contributed by atoms with Crippen LogP contribution in [0.1, 0.15) is 24.9 Å². The number of rotatable bonds is 3. The van der Waals surface area contributed by atoms with E-state index in [1.165, 1.54) is 11.3 Å². The number of hydrogen-bond acceptors (Lipinski definition) is 3. The van der Waals surface area contributed by atoms with E-state index < -0.39 is 0 Å². The molecule has 16 heavy (non-hydrogen) atoms. The number of halogens is 2. The Morgan fingerprint density at radius 3 is 2.75 bits per heavy atom. The van der Waals surface area contributed by atoms with Gasteiger partial charge in [-0.05, 0) is 26.5 Å². The second kappa shape index (κ2) is 5.23. The van der Waals surface area contributed by atoms with Crippen molar-refractivity contribution in [2.45, 2.75) is 25.5 Å². The fourth-order valence-electron chi connectivity index (χ4n) is 2.35. The van der Waals surface area contributed by atoms with Crippen molar-refractivity contribution in [1.82, 2.24) is 5.32 Å². The fourth-order valence-corrected chi connectivity index (χ4v) is 3.90. The molecule has 0 aromatic carbocycles. The molecule has 1 N–H and O–H groups in total. The van der Waals surface area contributed by atoms with Crippen LogP contribution in [-0.4, -0.2) is 19.8 Å². The highest BCUT2D eigenvalue weighted by Crippen LogP contribution is 2.41. The van der Waals surface area contributed by atoms with Gasteiger partial charge in [0, 0.05) is 24.1 Å². The molecule has 0 bridgehead atoms. The van der Waals surface area contributed by atoms with Crippen LogP contribution in [0.5, 0.6) is 0 Å². The first-order chi connectivity index (χ1) is 7.63. The summed E-state index contributed by atoms with van der Waals surface area (Å²) in [6, 6.07) is 2.19. The Labute approximate surface area is 110 Å². The molecule has 2 nitrogen and oxygen atoms in total. The number of ether oxygens (including phenoxy) is 1. The lowest BCUT2D eigenvalue weighted by Gasteiger charge is -2.25. The Morgan fingerprint density at radius 2 is 2.31 bits per heavy atom. The summed E-state index contributed by atoms with van der Waals surface area (Å²) in [5.41, 5.74) is 1.10. The van der Waals surface area contributed by atoms with Crippen LogP contribution in [0.25, 0.3) is 0 Å². The predicted octanol–water partition coefficient (Wildman–Crippen LogP) is 3.74. The lowest BCUT2D eigenvalue weighted by atomic mass is 9.90. The molecule has 3 atom stereocenters. The zero-order chi connectivity index (χ0) is 11.7.